The minimum absolute atomic E-state index is 0.0228. The predicted molar refractivity (Wildman–Crippen MR) is 99.1 cm³/mol. The molecule has 2 heterocycles. The third-order valence-electron chi connectivity index (χ3n) is 3.89. The second-order valence-electron chi connectivity index (χ2n) is 6.42. The van der Waals surface area contributed by atoms with Gasteiger partial charge < -0.3 is 30.8 Å². The molecule has 2 rings (SSSR count). The summed E-state index contributed by atoms with van der Waals surface area (Å²) in [6, 6.07) is -1.21. The van der Waals surface area contributed by atoms with Gasteiger partial charge in [0, 0.05) is 5.38 Å². The van der Waals surface area contributed by atoms with Crippen molar-refractivity contribution in [3.05, 3.63) is 11.1 Å². The summed E-state index contributed by atoms with van der Waals surface area (Å²) in [5.41, 5.74) is 3.80. The van der Waals surface area contributed by atoms with Crippen LogP contribution in [0.2, 0.25) is 0 Å². The lowest BCUT2D eigenvalue weighted by molar-refractivity contribution is -0.322. The molecule has 16 heteroatoms. The van der Waals surface area contributed by atoms with E-state index in [9.17, 15) is 23.6 Å². The van der Waals surface area contributed by atoms with E-state index in [-0.39, 0.29) is 10.8 Å². The molecule has 0 aliphatic carbocycles. The van der Waals surface area contributed by atoms with E-state index in [2.05, 4.69) is 25.0 Å². The molecule has 1 unspecified atom stereocenters. The largest absolute Gasteiger partial charge is 0.479 e. The topological polar surface area (TPSA) is 203 Å². The SMILES string of the molecule is CC1(C)[C@H](NC(=O)/C(=N\OCC(=O)O)c2csc(N)n2)C(=O)N1OC(OCF)C(=O)O. The second-order valence-corrected chi connectivity index (χ2v) is 7.31. The Morgan fingerprint density at radius 1 is 1.45 bits per heavy atom. The highest BCUT2D eigenvalue weighted by Gasteiger charge is 2.57. The molecule has 0 spiro atoms. The molecule has 1 aliphatic rings. The summed E-state index contributed by atoms with van der Waals surface area (Å²) in [5, 5.41) is 25.5. The van der Waals surface area contributed by atoms with Crippen molar-refractivity contribution in [1.29, 1.82) is 0 Å². The number of oxime groups is 1. The lowest BCUT2D eigenvalue weighted by Crippen LogP contribution is -2.77. The molecule has 14 nitrogen and oxygen atoms in total. The monoisotopic (exact) mass is 463 g/mol. The third kappa shape index (κ3) is 5.41. The van der Waals surface area contributed by atoms with Crippen molar-refractivity contribution < 1.29 is 48.2 Å². The molecule has 1 aromatic heterocycles. The Bertz CT molecular complexity index is 905. The van der Waals surface area contributed by atoms with Gasteiger partial charge >= 0.3 is 11.9 Å². The molecule has 170 valence electrons. The number of nitrogen functional groups attached to an aromatic ring is 1. The first-order valence-electron chi connectivity index (χ1n) is 8.34. The molecule has 0 bridgehead atoms. The van der Waals surface area contributed by atoms with Gasteiger partial charge in [-0.3, -0.25) is 9.59 Å². The van der Waals surface area contributed by atoms with Crippen LogP contribution in [0.3, 0.4) is 0 Å². The number of β-lactam (4-membered cyclic amide) rings is 1. The van der Waals surface area contributed by atoms with Crippen LogP contribution in [0.4, 0.5) is 9.52 Å². The van der Waals surface area contributed by atoms with E-state index in [0.29, 0.717) is 5.06 Å². The molecule has 31 heavy (non-hydrogen) atoms. The van der Waals surface area contributed by atoms with Gasteiger partial charge in [-0.25, -0.2) is 28.9 Å². The second kappa shape index (κ2) is 9.63. The fourth-order valence-electron chi connectivity index (χ4n) is 2.43. The lowest BCUT2D eigenvalue weighted by Gasteiger charge is -2.52. The van der Waals surface area contributed by atoms with Gasteiger partial charge in [-0.15, -0.1) is 11.3 Å². The summed E-state index contributed by atoms with van der Waals surface area (Å²) in [7, 11) is 0. The number of nitrogens with one attached hydrogen (secondary N) is 1. The van der Waals surface area contributed by atoms with Crippen LogP contribution in [0.25, 0.3) is 0 Å². The standard InChI is InChI=1S/C15H18FN5O9S/c1-15(2)9(11(25)21(15)30-13(12(26)27)28-5-16)19-10(24)8(20-29-3-7(22)23)6-4-31-14(17)18-6/h4,9,13H,3,5H2,1-2H3,(H2,17,18)(H,19,24)(H,22,23)(H,26,27)/b20-8-/t9-,13?/m1/s1. The normalized spacial score (nSPS) is 18.8. The molecule has 1 saturated heterocycles. The maximum Gasteiger partial charge on any atom is 0.363 e. The van der Waals surface area contributed by atoms with Crippen molar-refractivity contribution in [2.75, 3.05) is 19.2 Å². The molecule has 5 N–H and O–H groups in total. The van der Waals surface area contributed by atoms with E-state index in [0.717, 1.165) is 11.3 Å². The van der Waals surface area contributed by atoms with Gasteiger partial charge in [0.05, 0.1) is 5.54 Å². The first-order valence-corrected chi connectivity index (χ1v) is 9.22. The van der Waals surface area contributed by atoms with Crippen LogP contribution < -0.4 is 11.1 Å². The van der Waals surface area contributed by atoms with Crippen LogP contribution in [-0.4, -0.2) is 81.1 Å². The maximum atomic E-state index is 12.7. The Hall–Kier alpha value is -3.37. The average Bonchev–Trinajstić information content (AvgIpc) is 3.11. The molecule has 0 aromatic carbocycles. The number of anilines is 1. The zero-order valence-electron chi connectivity index (χ0n) is 16.1. The number of ether oxygens (including phenoxy) is 1. The number of amides is 2. The van der Waals surface area contributed by atoms with Crippen molar-refractivity contribution in [1.82, 2.24) is 15.4 Å². The summed E-state index contributed by atoms with van der Waals surface area (Å²) in [5.74, 6) is -4.81. The van der Waals surface area contributed by atoms with E-state index in [4.69, 9.17) is 20.8 Å². The van der Waals surface area contributed by atoms with Crippen LogP contribution in [0.15, 0.2) is 10.5 Å². The highest BCUT2D eigenvalue weighted by Crippen LogP contribution is 2.33. The number of aromatic nitrogens is 1. The molecule has 0 saturated carbocycles. The Balaban J connectivity index is 2.15. The van der Waals surface area contributed by atoms with Gasteiger partial charge in [0.15, 0.2) is 17.7 Å². The van der Waals surface area contributed by atoms with Crippen molar-refractivity contribution in [2.45, 2.75) is 31.7 Å². The number of alkyl halides is 1. The van der Waals surface area contributed by atoms with Gasteiger partial charge in [-0.1, -0.05) is 5.16 Å². The Kier molecular flexibility index (Phi) is 7.42. The van der Waals surface area contributed by atoms with Gasteiger partial charge in [-0.2, -0.15) is 0 Å². The van der Waals surface area contributed by atoms with Gasteiger partial charge in [-0.05, 0) is 13.8 Å². The number of carbonyl (C=O) groups is 4. The summed E-state index contributed by atoms with van der Waals surface area (Å²) in [6.07, 6.45) is -2.08. The van der Waals surface area contributed by atoms with E-state index in [1.807, 2.05) is 0 Å². The quantitative estimate of drug-likeness (QED) is 0.134. The van der Waals surface area contributed by atoms with E-state index in [1.165, 1.54) is 19.2 Å². The molecular formula is C15H18FN5O9S. The summed E-state index contributed by atoms with van der Waals surface area (Å²) >= 11 is 0.982. The van der Waals surface area contributed by atoms with E-state index >= 15 is 0 Å². The number of aliphatic carboxylic acids is 2. The number of halogens is 1. The molecule has 1 aliphatic heterocycles. The molecule has 0 radical (unpaired) electrons. The number of rotatable bonds is 11. The Morgan fingerprint density at radius 3 is 2.61 bits per heavy atom. The van der Waals surface area contributed by atoms with Gasteiger partial charge in [0.1, 0.15) is 11.7 Å². The lowest BCUT2D eigenvalue weighted by atomic mass is 9.84. The van der Waals surface area contributed by atoms with Crippen LogP contribution >= 0.6 is 11.3 Å². The highest BCUT2D eigenvalue weighted by atomic mass is 32.1. The first kappa shape index (κ1) is 23.9. The average molecular weight is 463 g/mol. The van der Waals surface area contributed by atoms with E-state index < -0.39 is 60.8 Å². The number of carboxylic acid groups (broad SMARTS) is 2. The summed E-state index contributed by atoms with van der Waals surface area (Å²) in [6.45, 7) is 0.572. The van der Waals surface area contributed by atoms with Crippen LogP contribution in [0.5, 0.6) is 0 Å². The number of hydrogen-bond acceptors (Lipinski definition) is 11. The fourth-order valence-corrected chi connectivity index (χ4v) is 2.98. The van der Waals surface area contributed by atoms with Crippen LogP contribution in [0.1, 0.15) is 19.5 Å². The predicted octanol–water partition coefficient (Wildman–Crippen LogP) is -1.08. The molecule has 1 fully saturated rings. The smallest absolute Gasteiger partial charge is 0.363 e. The van der Waals surface area contributed by atoms with Crippen molar-refractivity contribution >= 4 is 45.9 Å². The van der Waals surface area contributed by atoms with Crippen LogP contribution in [0, 0.1) is 0 Å². The number of nitrogens with zero attached hydrogens (tertiary/aromatic N) is 3. The number of hydroxylamine groups is 2. The maximum absolute atomic E-state index is 12.7. The summed E-state index contributed by atoms with van der Waals surface area (Å²) in [4.78, 5) is 60.1. The van der Waals surface area contributed by atoms with Gasteiger partial charge in [0.25, 0.3) is 18.1 Å². The van der Waals surface area contributed by atoms with Crippen molar-refractivity contribution in [3.8, 4) is 0 Å². The van der Waals surface area contributed by atoms with Crippen LogP contribution in [-0.2, 0) is 33.6 Å². The zero-order chi connectivity index (χ0) is 23.3. The highest BCUT2D eigenvalue weighted by molar-refractivity contribution is 7.13. The minimum Gasteiger partial charge on any atom is -0.479 e. The van der Waals surface area contributed by atoms with E-state index in [1.54, 1.807) is 0 Å². The zero-order valence-corrected chi connectivity index (χ0v) is 16.9. The molecular weight excluding hydrogens is 445 g/mol. The van der Waals surface area contributed by atoms with Gasteiger partial charge in [0.2, 0.25) is 6.61 Å². The summed E-state index contributed by atoms with van der Waals surface area (Å²) < 4.78 is 16.6. The Labute approximate surface area is 177 Å². The van der Waals surface area contributed by atoms with Crippen molar-refractivity contribution in [2.24, 2.45) is 5.16 Å². The van der Waals surface area contributed by atoms with Crippen molar-refractivity contribution in [3.63, 3.8) is 0 Å². The molecule has 2 atom stereocenters. The molecule has 2 amide bonds. The number of thiazole rings is 1. The first-order chi connectivity index (χ1) is 14.5. The number of nitrogens with two attached hydrogens (primary N) is 1. The third-order valence-corrected chi connectivity index (χ3v) is 4.57. The fraction of sp³-hybridized carbons (Fsp3) is 0.467. The number of carbonyl (C=O) groups excluding carboxylic acids is 2. The minimum atomic E-state index is -2.08. The number of carboxylic acids is 2. The molecule has 1 aromatic rings. The Morgan fingerprint density at radius 2 is 2.13 bits per heavy atom. The number of hydrogen-bond donors (Lipinski definition) is 4.